The largest absolute Gasteiger partial charge is 0.336 e. The third-order valence-corrected chi connectivity index (χ3v) is 8.19. The Morgan fingerprint density at radius 2 is 1.80 bits per heavy atom. The van der Waals surface area contributed by atoms with Crippen LogP contribution < -0.4 is 5.32 Å². The van der Waals surface area contributed by atoms with E-state index < -0.39 is 0 Å². The van der Waals surface area contributed by atoms with Crippen molar-refractivity contribution >= 4 is 45.8 Å². The molecule has 1 aromatic heterocycles. The van der Waals surface area contributed by atoms with E-state index in [-0.39, 0.29) is 11.7 Å². The first-order valence-corrected chi connectivity index (χ1v) is 14.7. The van der Waals surface area contributed by atoms with Crippen LogP contribution in [-0.2, 0) is 11.0 Å². The monoisotopic (exact) mass is 646 g/mol. The Bertz CT molecular complexity index is 1620. The summed E-state index contributed by atoms with van der Waals surface area (Å²) in [5.41, 5.74) is 6.92. The molecule has 3 heterocycles. The molecule has 2 aliphatic rings. The average molecular weight is 647 g/mol. The van der Waals surface area contributed by atoms with Crippen molar-refractivity contribution in [3.8, 4) is 11.3 Å². The van der Waals surface area contributed by atoms with Gasteiger partial charge in [-0.05, 0) is 49.0 Å². The molecular formula is C31H28FIN6O. The summed E-state index contributed by atoms with van der Waals surface area (Å²) in [6.45, 7) is 3.52. The zero-order chi connectivity index (χ0) is 27.6. The Balaban J connectivity index is 1.33. The summed E-state index contributed by atoms with van der Waals surface area (Å²) in [6.07, 6.45) is 1.77. The molecule has 202 valence electrons. The molecule has 0 atom stereocenters. The highest BCUT2D eigenvalue weighted by molar-refractivity contribution is 14.1. The van der Waals surface area contributed by atoms with Crippen LogP contribution in [0.4, 0.5) is 16.0 Å². The van der Waals surface area contributed by atoms with Crippen LogP contribution in [-0.4, -0.2) is 64.6 Å². The van der Waals surface area contributed by atoms with Gasteiger partial charge in [-0.2, -0.15) is 0 Å². The van der Waals surface area contributed by atoms with Gasteiger partial charge in [-0.25, -0.2) is 14.4 Å². The van der Waals surface area contributed by atoms with Crippen molar-refractivity contribution in [1.82, 2.24) is 19.8 Å². The molecule has 0 unspecified atom stereocenters. The minimum Gasteiger partial charge on any atom is -0.336 e. The maximum absolute atomic E-state index is 14.9. The molecule has 0 bridgehead atoms. The van der Waals surface area contributed by atoms with E-state index in [1.807, 2.05) is 41.3 Å². The lowest BCUT2D eigenvalue weighted by atomic mass is 9.93. The molecule has 1 saturated heterocycles. The number of amides is 1. The van der Waals surface area contributed by atoms with Crippen LogP contribution in [0.25, 0.3) is 11.3 Å². The number of benzene rings is 3. The van der Waals surface area contributed by atoms with Gasteiger partial charge in [-0.3, -0.25) is 9.79 Å². The number of hydrogen-bond donors (Lipinski definition) is 1. The molecule has 6 rings (SSSR count). The van der Waals surface area contributed by atoms with Gasteiger partial charge >= 0.3 is 0 Å². The van der Waals surface area contributed by atoms with E-state index in [1.54, 1.807) is 18.3 Å². The van der Waals surface area contributed by atoms with Crippen LogP contribution in [0.2, 0.25) is 0 Å². The predicted molar refractivity (Wildman–Crippen MR) is 164 cm³/mol. The van der Waals surface area contributed by atoms with E-state index in [2.05, 4.69) is 57.0 Å². The predicted octanol–water partition coefficient (Wildman–Crippen LogP) is 5.70. The maximum Gasteiger partial charge on any atom is 0.254 e. The van der Waals surface area contributed by atoms with Crippen LogP contribution in [0, 0.1) is 5.82 Å². The number of aromatic nitrogens is 2. The topological polar surface area (TPSA) is 73.7 Å². The number of piperazine rings is 1. The van der Waals surface area contributed by atoms with E-state index in [9.17, 15) is 9.18 Å². The van der Waals surface area contributed by atoms with Crippen molar-refractivity contribution in [2.24, 2.45) is 4.99 Å². The number of carbonyl (C=O) groups excluding carboxylic acids is 1. The highest BCUT2D eigenvalue weighted by Crippen LogP contribution is 2.34. The number of halogens is 2. The molecule has 0 saturated carbocycles. The number of carbonyl (C=O) groups is 1. The van der Waals surface area contributed by atoms with Crippen molar-refractivity contribution in [3.63, 3.8) is 0 Å². The standard InChI is InChI=1S/C31H28FIN6O/c1-38-11-13-39(14-12-38)30(40)21-5-4-6-23(16-21)36-31-35-19-22-18-34-29(25-7-2-3-8-27(25)32)26-15-20(17-33)9-10-24(26)28(22)37-31/h2-10,15-16,19H,11-14,17-18H2,1H3,(H,35,36,37). The Morgan fingerprint density at radius 3 is 2.60 bits per heavy atom. The first-order chi connectivity index (χ1) is 19.5. The van der Waals surface area contributed by atoms with E-state index in [4.69, 9.17) is 9.98 Å². The summed E-state index contributed by atoms with van der Waals surface area (Å²) in [5.74, 6) is 0.135. The third-order valence-electron chi connectivity index (χ3n) is 7.31. The zero-order valence-electron chi connectivity index (χ0n) is 22.1. The molecule has 0 spiro atoms. The lowest BCUT2D eigenvalue weighted by Crippen LogP contribution is -2.47. The van der Waals surface area contributed by atoms with Gasteiger partial charge in [0.25, 0.3) is 5.91 Å². The maximum atomic E-state index is 14.9. The summed E-state index contributed by atoms with van der Waals surface area (Å²) in [6, 6.07) is 20.4. The van der Waals surface area contributed by atoms with Gasteiger partial charge in [0.15, 0.2) is 0 Å². The summed E-state index contributed by atoms with van der Waals surface area (Å²) >= 11 is 2.33. The van der Waals surface area contributed by atoms with Crippen molar-refractivity contribution in [2.45, 2.75) is 11.0 Å². The number of nitrogens with one attached hydrogen (secondary N) is 1. The van der Waals surface area contributed by atoms with Gasteiger partial charge in [-0.15, -0.1) is 0 Å². The number of hydrogen-bond acceptors (Lipinski definition) is 6. The van der Waals surface area contributed by atoms with Crippen LogP contribution in [0.15, 0.2) is 77.9 Å². The second-order valence-corrected chi connectivity index (χ2v) is 10.8. The Kier molecular flexibility index (Phi) is 7.57. The Morgan fingerprint density at radius 1 is 0.975 bits per heavy atom. The second kappa shape index (κ2) is 11.4. The lowest BCUT2D eigenvalue weighted by molar-refractivity contribution is 0.0664. The van der Waals surface area contributed by atoms with Gasteiger partial charge in [0, 0.05) is 70.3 Å². The van der Waals surface area contributed by atoms with E-state index in [0.717, 1.165) is 64.2 Å². The molecular weight excluding hydrogens is 618 g/mol. The fourth-order valence-corrected chi connectivity index (χ4v) is 5.55. The van der Waals surface area contributed by atoms with E-state index >= 15 is 0 Å². The molecule has 7 nitrogen and oxygen atoms in total. The minimum atomic E-state index is -0.308. The number of fused-ring (bicyclic) bond motifs is 3. The molecule has 9 heteroatoms. The highest BCUT2D eigenvalue weighted by Gasteiger charge is 2.24. The van der Waals surface area contributed by atoms with E-state index in [1.165, 1.54) is 6.07 Å². The molecule has 1 N–H and O–H groups in total. The smallest absolute Gasteiger partial charge is 0.254 e. The number of nitrogens with zero attached hydrogens (tertiary/aromatic N) is 5. The molecule has 1 amide bonds. The SMILES string of the molecule is CN1CCN(C(=O)c2cccc(Nc3ncc4c(n3)-c3ccc(CI)cc3C(c3ccccc3F)=NC4)c2)CC1. The fraction of sp³-hybridized carbons (Fsp3) is 0.226. The van der Waals surface area contributed by atoms with Gasteiger partial charge in [0.05, 0.1) is 18.0 Å². The number of anilines is 2. The van der Waals surface area contributed by atoms with Crippen LogP contribution in [0.1, 0.15) is 32.6 Å². The van der Waals surface area contributed by atoms with Crippen molar-refractivity contribution in [3.05, 3.63) is 107 Å². The van der Waals surface area contributed by atoms with Crippen LogP contribution in [0.3, 0.4) is 0 Å². The zero-order valence-corrected chi connectivity index (χ0v) is 24.2. The first kappa shape index (κ1) is 26.5. The highest BCUT2D eigenvalue weighted by atomic mass is 127. The molecule has 0 radical (unpaired) electrons. The average Bonchev–Trinajstić information content (AvgIpc) is 3.14. The van der Waals surface area contributed by atoms with Crippen molar-refractivity contribution in [2.75, 3.05) is 38.5 Å². The summed E-state index contributed by atoms with van der Waals surface area (Å²) in [5, 5.41) is 3.29. The molecule has 0 aliphatic carbocycles. The number of likely N-dealkylation sites (N-methyl/N-ethyl adjacent to an activating group) is 1. The number of rotatable bonds is 5. The van der Waals surface area contributed by atoms with Gasteiger partial charge in [0.1, 0.15) is 5.82 Å². The molecule has 3 aromatic carbocycles. The third kappa shape index (κ3) is 5.35. The van der Waals surface area contributed by atoms with Gasteiger partial charge in [0.2, 0.25) is 5.95 Å². The quantitative estimate of drug-likeness (QED) is 0.223. The molecule has 40 heavy (non-hydrogen) atoms. The van der Waals surface area contributed by atoms with Crippen LogP contribution >= 0.6 is 22.6 Å². The number of alkyl halides is 1. The fourth-order valence-electron chi connectivity index (χ4n) is 5.08. The van der Waals surface area contributed by atoms with Crippen LogP contribution in [0.5, 0.6) is 0 Å². The van der Waals surface area contributed by atoms with E-state index in [0.29, 0.717) is 29.3 Å². The molecule has 2 aliphatic heterocycles. The Labute approximate surface area is 246 Å². The Hall–Kier alpha value is -3.70. The van der Waals surface area contributed by atoms with Gasteiger partial charge < -0.3 is 15.1 Å². The second-order valence-electron chi connectivity index (χ2n) is 10.0. The lowest BCUT2D eigenvalue weighted by Gasteiger charge is -2.32. The summed E-state index contributed by atoms with van der Waals surface area (Å²) in [4.78, 5) is 31.5. The normalized spacial score (nSPS) is 15.1. The summed E-state index contributed by atoms with van der Waals surface area (Å²) in [7, 11) is 2.07. The first-order valence-electron chi connectivity index (χ1n) is 13.2. The molecule has 4 aromatic rings. The van der Waals surface area contributed by atoms with Crippen molar-refractivity contribution < 1.29 is 9.18 Å². The number of aliphatic imine (C=N–C) groups is 1. The van der Waals surface area contributed by atoms with Crippen molar-refractivity contribution in [1.29, 1.82) is 0 Å². The minimum absolute atomic E-state index is 0.0254. The van der Waals surface area contributed by atoms with Gasteiger partial charge in [-0.1, -0.05) is 52.9 Å². The summed E-state index contributed by atoms with van der Waals surface area (Å²) < 4.78 is 15.7. The molecule has 1 fully saturated rings.